The highest BCUT2D eigenvalue weighted by Crippen LogP contribution is 2.39. The van der Waals surface area contributed by atoms with E-state index in [4.69, 9.17) is 9.47 Å². The lowest BCUT2D eigenvalue weighted by Crippen LogP contribution is -2.45. The van der Waals surface area contributed by atoms with Gasteiger partial charge in [0.15, 0.2) is 0 Å². The van der Waals surface area contributed by atoms with Gasteiger partial charge in [0.25, 0.3) is 0 Å². The average Bonchev–Trinajstić information content (AvgIpc) is 2.60. The van der Waals surface area contributed by atoms with Gasteiger partial charge in [0.05, 0.1) is 20.3 Å². The van der Waals surface area contributed by atoms with E-state index in [2.05, 4.69) is 10.2 Å². The number of fused-ring (bicyclic) bond motifs is 1. The van der Waals surface area contributed by atoms with Gasteiger partial charge in [0.2, 0.25) is 0 Å². The Morgan fingerprint density at radius 2 is 1.74 bits per heavy atom. The van der Waals surface area contributed by atoms with Gasteiger partial charge in [-0.3, -0.25) is 4.90 Å². The molecule has 0 amide bonds. The van der Waals surface area contributed by atoms with E-state index < -0.39 is 6.10 Å². The minimum atomic E-state index is -0.598. The van der Waals surface area contributed by atoms with Gasteiger partial charge in [-0.2, -0.15) is 0 Å². The molecule has 0 bridgehead atoms. The molecule has 5 heteroatoms. The van der Waals surface area contributed by atoms with E-state index in [0.717, 1.165) is 48.3 Å². The molecule has 0 aromatic heterocycles. The first-order valence-corrected chi connectivity index (χ1v) is 7.99. The van der Waals surface area contributed by atoms with E-state index in [-0.39, 0.29) is 0 Å². The van der Waals surface area contributed by atoms with Crippen LogP contribution in [0.4, 0.5) is 0 Å². The van der Waals surface area contributed by atoms with Crippen LogP contribution in [0.15, 0.2) is 30.3 Å². The number of ether oxygens (including phenoxy) is 2. The van der Waals surface area contributed by atoms with Crippen LogP contribution in [0.1, 0.15) is 11.7 Å². The number of piperazine rings is 1. The van der Waals surface area contributed by atoms with Crippen LogP contribution >= 0.6 is 0 Å². The van der Waals surface area contributed by atoms with E-state index >= 15 is 0 Å². The van der Waals surface area contributed by atoms with Gasteiger partial charge < -0.3 is 19.9 Å². The Kier molecular flexibility index (Phi) is 5.00. The Balaban J connectivity index is 2.00. The number of hydrogen-bond donors (Lipinski definition) is 2. The van der Waals surface area contributed by atoms with Crippen molar-refractivity contribution in [2.75, 3.05) is 46.9 Å². The van der Waals surface area contributed by atoms with Crippen molar-refractivity contribution < 1.29 is 14.6 Å². The van der Waals surface area contributed by atoms with E-state index in [1.807, 2.05) is 30.3 Å². The van der Waals surface area contributed by atoms with Crippen molar-refractivity contribution in [1.29, 1.82) is 0 Å². The number of methoxy groups -OCH3 is 2. The second-order valence-electron chi connectivity index (χ2n) is 5.81. The average molecular weight is 316 g/mol. The van der Waals surface area contributed by atoms with E-state index in [1.54, 1.807) is 14.2 Å². The molecule has 2 aromatic rings. The van der Waals surface area contributed by atoms with Gasteiger partial charge in [0.1, 0.15) is 11.5 Å². The number of hydrogen-bond acceptors (Lipinski definition) is 5. The summed E-state index contributed by atoms with van der Waals surface area (Å²) in [5, 5.41) is 16.2. The number of nitrogens with one attached hydrogen (secondary N) is 1. The van der Waals surface area contributed by atoms with Crippen molar-refractivity contribution in [2.24, 2.45) is 0 Å². The van der Waals surface area contributed by atoms with Crippen molar-refractivity contribution in [1.82, 2.24) is 10.2 Å². The molecule has 1 heterocycles. The second kappa shape index (κ2) is 7.17. The topological polar surface area (TPSA) is 54.0 Å². The lowest BCUT2D eigenvalue weighted by molar-refractivity contribution is 0.104. The van der Waals surface area contributed by atoms with E-state index in [0.29, 0.717) is 12.3 Å². The fourth-order valence-corrected chi connectivity index (χ4v) is 3.25. The fraction of sp³-hybridized carbons (Fsp3) is 0.444. The van der Waals surface area contributed by atoms with Crippen LogP contribution in [0.5, 0.6) is 11.5 Å². The van der Waals surface area contributed by atoms with Crippen molar-refractivity contribution >= 4 is 10.8 Å². The van der Waals surface area contributed by atoms with E-state index in [1.165, 1.54) is 0 Å². The van der Waals surface area contributed by atoms with Gasteiger partial charge in [-0.25, -0.2) is 0 Å². The molecule has 0 spiro atoms. The molecule has 0 radical (unpaired) electrons. The Labute approximate surface area is 136 Å². The van der Waals surface area contributed by atoms with Crippen molar-refractivity contribution in [3.63, 3.8) is 0 Å². The lowest BCUT2D eigenvalue weighted by Gasteiger charge is -2.30. The van der Waals surface area contributed by atoms with Gasteiger partial charge in [0, 0.05) is 49.7 Å². The Hall–Kier alpha value is -1.82. The summed E-state index contributed by atoms with van der Waals surface area (Å²) in [5.41, 5.74) is 0.836. The monoisotopic (exact) mass is 316 g/mol. The van der Waals surface area contributed by atoms with Crippen LogP contribution in [-0.2, 0) is 0 Å². The third-order valence-electron chi connectivity index (χ3n) is 4.42. The maximum absolute atomic E-state index is 10.9. The summed E-state index contributed by atoms with van der Waals surface area (Å²) < 4.78 is 11.0. The highest BCUT2D eigenvalue weighted by molar-refractivity contribution is 5.93. The third-order valence-corrected chi connectivity index (χ3v) is 4.42. The highest BCUT2D eigenvalue weighted by Gasteiger charge is 2.22. The molecule has 0 aliphatic carbocycles. The van der Waals surface area contributed by atoms with Crippen molar-refractivity contribution in [2.45, 2.75) is 6.10 Å². The van der Waals surface area contributed by atoms with Crippen LogP contribution < -0.4 is 14.8 Å². The molecule has 5 nitrogen and oxygen atoms in total. The third kappa shape index (κ3) is 3.27. The van der Waals surface area contributed by atoms with Gasteiger partial charge in [-0.1, -0.05) is 24.3 Å². The number of β-amino-alcohol motifs (C(OH)–C–C–N with tert-alkyl or cyclic N) is 1. The van der Waals surface area contributed by atoms with Crippen LogP contribution in [0.3, 0.4) is 0 Å². The maximum atomic E-state index is 10.9. The zero-order valence-electron chi connectivity index (χ0n) is 13.7. The molecule has 1 unspecified atom stereocenters. The van der Waals surface area contributed by atoms with Crippen LogP contribution in [0.2, 0.25) is 0 Å². The van der Waals surface area contributed by atoms with Crippen LogP contribution in [0.25, 0.3) is 10.8 Å². The standard InChI is InChI=1S/C18H24N2O3/c1-22-16-11-17(23-2)18(14-6-4-3-5-13(14)16)15(21)12-20-9-7-19-8-10-20/h3-6,11,15,19,21H,7-10,12H2,1-2H3. The Morgan fingerprint density at radius 1 is 1.09 bits per heavy atom. The lowest BCUT2D eigenvalue weighted by atomic mass is 9.97. The number of nitrogens with zero attached hydrogens (tertiary/aromatic N) is 1. The summed E-state index contributed by atoms with van der Waals surface area (Å²) in [5.74, 6) is 1.43. The summed E-state index contributed by atoms with van der Waals surface area (Å²) in [6, 6.07) is 9.83. The molecule has 3 rings (SSSR count). The Bertz CT molecular complexity index is 669. The molecule has 2 aromatic carbocycles. The van der Waals surface area contributed by atoms with Gasteiger partial charge in [-0.15, -0.1) is 0 Å². The summed E-state index contributed by atoms with van der Waals surface area (Å²) >= 11 is 0. The molecule has 1 aliphatic rings. The van der Waals surface area contributed by atoms with Crippen molar-refractivity contribution in [3.8, 4) is 11.5 Å². The smallest absolute Gasteiger partial charge is 0.130 e. The molecular formula is C18H24N2O3. The normalized spacial score (nSPS) is 17.2. The minimum Gasteiger partial charge on any atom is -0.496 e. The first-order valence-electron chi connectivity index (χ1n) is 7.99. The number of aliphatic hydroxyl groups is 1. The molecule has 1 aliphatic heterocycles. The molecule has 1 fully saturated rings. The predicted octanol–water partition coefficient (Wildman–Crippen LogP) is 1.80. The Morgan fingerprint density at radius 3 is 2.39 bits per heavy atom. The molecule has 23 heavy (non-hydrogen) atoms. The summed E-state index contributed by atoms with van der Waals surface area (Å²) in [6.07, 6.45) is -0.598. The first kappa shape index (κ1) is 16.1. The van der Waals surface area contributed by atoms with E-state index in [9.17, 15) is 5.11 Å². The zero-order valence-corrected chi connectivity index (χ0v) is 13.7. The SMILES string of the molecule is COc1cc(OC)c2ccccc2c1C(O)CN1CCNCC1. The summed E-state index contributed by atoms with van der Waals surface area (Å²) in [6.45, 7) is 4.44. The number of rotatable bonds is 5. The fourth-order valence-electron chi connectivity index (χ4n) is 3.25. The summed E-state index contributed by atoms with van der Waals surface area (Å²) in [4.78, 5) is 2.28. The predicted molar refractivity (Wildman–Crippen MR) is 91.3 cm³/mol. The first-order chi connectivity index (χ1) is 11.2. The largest absolute Gasteiger partial charge is 0.496 e. The quantitative estimate of drug-likeness (QED) is 0.881. The van der Waals surface area contributed by atoms with Crippen molar-refractivity contribution in [3.05, 3.63) is 35.9 Å². The molecule has 1 atom stereocenters. The molecule has 2 N–H and O–H groups in total. The van der Waals surface area contributed by atoms with Crippen LogP contribution in [-0.4, -0.2) is 56.9 Å². The minimum absolute atomic E-state index is 0.598. The second-order valence-corrected chi connectivity index (χ2v) is 5.81. The van der Waals surface area contributed by atoms with Gasteiger partial charge in [-0.05, 0) is 5.39 Å². The molecular weight excluding hydrogens is 292 g/mol. The number of aliphatic hydroxyl groups excluding tert-OH is 1. The van der Waals surface area contributed by atoms with Gasteiger partial charge >= 0.3 is 0 Å². The highest BCUT2D eigenvalue weighted by atomic mass is 16.5. The summed E-state index contributed by atoms with van der Waals surface area (Å²) in [7, 11) is 3.28. The molecule has 1 saturated heterocycles. The maximum Gasteiger partial charge on any atom is 0.130 e. The van der Waals surface area contributed by atoms with Crippen LogP contribution in [0, 0.1) is 0 Å². The molecule has 124 valence electrons. The zero-order chi connectivity index (χ0) is 16.2. The molecule has 0 saturated carbocycles. The number of benzene rings is 2.